The van der Waals surface area contributed by atoms with Crippen LogP contribution in [0.5, 0.6) is 5.88 Å². The van der Waals surface area contributed by atoms with E-state index in [4.69, 9.17) is 19.5 Å². The van der Waals surface area contributed by atoms with Crippen LogP contribution in [0.15, 0.2) is 12.1 Å². The van der Waals surface area contributed by atoms with E-state index in [2.05, 4.69) is 11.1 Å². The monoisotopic (exact) mass is 236 g/mol. The summed E-state index contributed by atoms with van der Waals surface area (Å²) in [5.41, 5.74) is 1.31. The fourth-order valence-corrected chi connectivity index (χ4v) is 1.23. The van der Waals surface area contributed by atoms with Gasteiger partial charge in [-0.05, 0) is 13.0 Å². The van der Waals surface area contributed by atoms with Crippen molar-refractivity contribution in [2.45, 2.75) is 6.92 Å². The number of hydrogen-bond acceptors (Lipinski definition) is 5. The Morgan fingerprint density at radius 3 is 2.71 bits per heavy atom. The van der Waals surface area contributed by atoms with Crippen LogP contribution in [0.2, 0.25) is 0 Å². The van der Waals surface area contributed by atoms with Crippen molar-refractivity contribution in [1.82, 2.24) is 4.98 Å². The molecule has 0 spiro atoms. The van der Waals surface area contributed by atoms with E-state index in [0.717, 1.165) is 5.69 Å². The van der Waals surface area contributed by atoms with Crippen molar-refractivity contribution in [3.63, 3.8) is 0 Å². The molecular weight excluding hydrogens is 220 g/mol. The maximum Gasteiger partial charge on any atom is 0.214 e. The van der Waals surface area contributed by atoms with E-state index in [9.17, 15) is 0 Å². The van der Waals surface area contributed by atoms with Crippen molar-refractivity contribution in [2.75, 3.05) is 33.5 Å². The lowest BCUT2D eigenvalue weighted by Crippen LogP contribution is -2.10. The molecule has 0 aromatic carbocycles. The second kappa shape index (κ2) is 7.60. The lowest BCUT2D eigenvalue weighted by Gasteiger charge is -2.07. The molecule has 0 saturated heterocycles. The fraction of sp³-hybridized carbons (Fsp3) is 0.500. The molecule has 0 saturated carbocycles. The lowest BCUT2D eigenvalue weighted by atomic mass is 10.2. The van der Waals surface area contributed by atoms with Gasteiger partial charge in [-0.3, -0.25) is 0 Å². The first-order valence-corrected chi connectivity index (χ1v) is 5.34. The van der Waals surface area contributed by atoms with Gasteiger partial charge < -0.3 is 14.2 Å². The summed E-state index contributed by atoms with van der Waals surface area (Å²) < 4.78 is 15.5. The normalized spacial score (nSPS) is 9.94. The largest absolute Gasteiger partial charge is 0.475 e. The highest BCUT2D eigenvalue weighted by molar-refractivity contribution is 5.33. The van der Waals surface area contributed by atoms with Gasteiger partial charge in [-0.2, -0.15) is 5.26 Å². The van der Waals surface area contributed by atoms with Crippen molar-refractivity contribution >= 4 is 0 Å². The zero-order valence-electron chi connectivity index (χ0n) is 10.1. The van der Waals surface area contributed by atoms with Gasteiger partial charge in [-0.25, -0.2) is 4.98 Å². The van der Waals surface area contributed by atoms with Gasteiger partial charge in [0.1, 0.15) is 6.61 Å². The third kappa shape index (κ3) is 5.29. The summed E-state index contributed by atoms with van der Waals surface area (Å²) in [7, 11) is 1.62. The van der Waals surface area contributed by atoms with Crippen LogP contribution in [-0.2, 0) is 9.47 Å². The molecule has 0 bridgehead atoms. The van der Waals surface area contributed by atoms with Crippen molar-refractivity contribution in [1.29, 1.82) is 5.26 Å². The molecule has 0 aliphatic rings. The Morgan fingerprint density at radius 1 is 1.24 bits per heavy atom. The number of aryl methyl sites for hydroxylation is 1. The highest BCUT2D eigenvalue weighted by Gasteiger charge is 2.00. The third-order valence-corrected chi connectivity index (χ3v) is 1.97. The summed E-state index contributed by atoms with van der Waals surface area (Å²) in [5.74, 6) is 0.455. The molecule has 0 fully saturated rings. The molecule has 1 aromatic rings. The first-order valence-electron chi connectivity index (χ1n) is 5.34. The second-order valence-corrected chi connectivity index (χ2v) is 3.40. The van der Waals surface area contributed by atoms with Gasteiger partial charge in [-0.1, -0.05) is 0 Å². The summed E-state index contributed by atoms with van der Waals surface area (Å²) in [5, 5.41) is 8.78. The Kier molecular flexibility index (Phi) is 6.00. The van der Waals surface area contributed by atoms with Crippen molar-refractivity contribution < 1.29 is 14.2 Å². The molecule has 0 atom stereocenters. The third-order valence-electron chi connectivity index (χ3n) is 1.97. The van der Waals surface area contributed by atoms with E-state index in [1.807, 2.05) is 6.92 Å². The van der Waals surface area contributed by atoms with Crippen LogP contribution >= 0.6 is 0 Å². The molecule has 17 heavy (non-hydrogen) atoms. The summed E-state index contributed by atoms with van der Waals surface area (Å²) in [6, 6.07) is 5.38. The highest BCUT2D eigenvalue weighted by Crippen LogP contribution is 2.11. The molecule has 1 rings (SSSR count). The van der Waals surface area contributed by atoms with Crippen molar-refractivity contribution in [2.24, 2.45) is 0 Å². The Balaban J connectivity index is 2.32. The number of aromatic nitrogens is 1. The molecule has 0 aliphatic carbocycles. The molecule has 0 aliphatic heterocycles. The fourth-order valence-electron chi connectivity index (χ4n) is 1.23. The van der Waals surface area contributed by atoms with Crippen LogP contribution < -0.4 is 4.74 Å². The van der Waals surface area contributed by atoms with Crippen LogP contribution in [0.3, 0.4) is 0 Å². The molecule has 92 valence electrons. The predicted molar refractivity (Wildman–Crippen MR) is 61.9 cm³/mol. The highest BCUT2D eigenvalue weighted by atomic mass is 16.5. The van der Waals surface area contributed by atoms with Crippen LogP contribution in [0.25, 0.3) is 0 Å². The molecule has 0 unspecified atom stereocenters. The summed E-state index contributed by atoms with van der Waals surface area (Å²) in [6.45, 7) is 3.82. The first-order chi connectivity index (χ1) is 8.26. The number of ether oxygens (including phenoxy) is 3. The number of methoxy groups -OCH3 is 1. The zero-order valence-corrected chi connectivity index (χ0v) is 10.1. The molecular formula is C12H16N2O3. The molecule has 1 heterocycles. The van der Waals surface area contributed by atoms with Gasteiger partial charge in [0, 0.05) is 18.9 Å². The van der Waals surface area contributed by atoms with E-state index in [0.29, 0.717) is 37.9 Å². The molecule has 5 nitrogen and oxygen atoms in total. The lowest BCUT2D eigenvalue weighted by molar-refractivity contribution is 0.0536. The van der Waals surface area contributed by atoms with E-state index in [1.54, 1.807) is 19.2 Å². The average Bonchev–Trinajstić information content (AvgIpc) is 2.33. The number of nitrogens with zero attached hydrogens (tertiary/aromatic N) is 2. The maximum absolute atomic E-state index is 8.78. The molecule has 0 amide bonds. The summed E-state index contributed by atoms with van der Waals surface area (Å²) in [6.07, 6.45) is 0. The van der Waals surface area contributed by atoms with E-state index in [-0.39, 0.29) is 0 Å². The SMILES string of the molecule is COCCOCCOc1cc(C#N)cc(C)n1. The quantitative estimate of drug-likeness (QED) is 0.668. The summed E-state index contributed by atoms with van der Waals surface area (Å²) >= 11 is 0. The van der Waals surface area contributed by atoms with E-state index >= 15 is 0 Å². The Morgan fingerprint density at radius 2 is 2.00 bits per heavy atom. The van der Waals surface area contributed by atoms with Crippen LogP contribution in [-0.4, -0.2) is 38.5 Å². The molecule has 5 heteroatoms. The second-order valence-electron chi connectivity index (χ2n) is 3.40. The minimum Gasteiger partial charge on any atom is -0.475 e. The smallest absolute Gasteiger partial charge is 0.214 e. The molecule has 0 radical (unpaired) electrons. The predicted octanol–water partition coefficient (Wildman–Crippen LogP) is 1.30. The molecule has 0 N–H and O–H groups in total. The van der Waals surface area contributed by atoms with Gasteiger partial charge in [0.2, 0.25) is 5.88 Å². The first kappa shape index (κ1) is 13.4. The summed E-state index contributed by atoms with van der Waals surface area (Å²) in [4.78, 5) is 4.16. The number of pyridine rings is 1. The van der Waals surface area contributed by atoms with Gasteiger partial charge in [0.05, 0.1) is 31.5 Å². The maximum atomic E-state index is 8.78. The Hall–Kier alpha value is -1.64. The van der Waals surface area contributed by atoms with E-state index < -0.39 is 0 Å². The molecule has 1 aromatic heterocycles. The van der Waals surface area contributed by atoms with Gasteiger partial charge in [0.15, 0.2) is 0 Å². The van der Waals surface area contributed by atoms with Crippen LogP contribution in [0.4, 0.5) is 0 Å². The van der Waals surface area contributed by atoms with Crippen LogP contribution in [0.1, 0.15) is 11.3 Å². The Labute approximate surface area is 101 Å². The van der Waals surface area contributed by atoms with E-state index in [1.165, 1.54) is 0 Å². The number of rotatable bonds is 7. The van der Waals surface area contributed by atoms with Crippen molar-refractivity contribution in [3.8, 4) is 11.9 Å². The Bertz CT molecular complexity index is 388. The standard InChI is InChI=1S/C12H16N2O3/c1-10-7-11(9-13)8-12(14-10)17-6-5-16-4-3-15-2/h7-8H,3-6H2,1-2H3. The van der Waals surface area contributed by atoms with Crippen molar-refractivity contribution in [3.05, 3.63) is 23.4 Å². The van der Waals surface area contributed by atoms with Gasteiger partial charge in [0.25, 0.3) is 0 Å². The minimum absolute atomic E-state index is 0.408. The van der Waals surface area contributed by atoms with Gasteiger partial charge in [-0.15, -0.1) is 0 Å². The minimum atomic E-state index is 0.408. The topological polar surface area (TPSA) is 64.4 Å². The van der Waals surface area contributed by atoms with Crippen LogP contribution in [0, 0.1) is 18.3 Å². The number of nitriles is 1. The zero-order chi connectivity index (χ0) is 12.5. The number of hydrogen-bond donors (Lipinski definition) is 0. The average molecular weight is 236 g/mol. The van der Waals surface area contributed by atoms with Gasteiger partial charge >= 0.3 is 0 Å².